The van der Waals surface area contributed by atoms with Gasteiger partial charge in [0.1, 0.15) is 10.6 Å². The molecule has 3 aromatic heterocycles. The highest BCUT2D eigenvalue weighted by atomic mass is 35.5. The Labute approximate surface area is 195 Å². The molecule has 32 heavy (non-hydrogen) atoms. The number of anilines is 1. The maximum absolute atomic E-state index is 12.6. The lowest BCUT2D eigenvalue weighted by atomic mass is 10.0. The Morgan fingerprint density at radius 2 is 1.88 bits per heavy atom. The molecule has 0 spiro atoms. The summed E-state index contributed by atoms with van der Waals surface area (Å²) in [5.74, 6) is 1.13. The van der Waals surface area contributed by atoms with Crippen LogP contribution in [-0.4, -0.2) is 47.0 Å². The second-order valence-electron chi connectivity index (χ2n) is 7.84. The number of benzene rings is 1. The van der Waals surface area contributed by atoms with Crippen molar-refractivity contribution < 1.29 is 9.21 Å². The number of amides is 1. The number of piperazine rings is 1. The molecule has 0 bridgehead atoms. The van der Waals surface area contributed by atoms with Crippen molar-refractivity contribution in [3.05, 3.63) is 64.1 Å². The van der Waals surface area contributed by atoms with E-state index in [1.54, 1.807) is 23.5 Å². The molecule has 164 valence electrons. The maximum Gasteiger partial charge on any atom is 0.289 e. The quantitative estimate of drug-likeness (QED) is 0.375. The molecule has 5 rings (SSSR count). The zero-order chi connectivity index (χ0) is 22.2. The maximum atomic E-state index is 12.6. The van der Waals surface area contributed by atoms with E-state index in [1.807, 2.05) is 4.90 Å². The third kappa shape index (κ3) is 3.76. The summed E-state index contributed by atoms with van der Waals surface area (Å²) in [6.45, 7) is 6.78. The minimum Gasteiger partial charge on any atom is -0.459 e. The van der Waals surface area contributed by atoms with E-state index in [0.717, 1.165) is 33.6 Å². The number of nitrogens with zero attached hydrogens (tertiary/aromatic N) is 4. The fraction of sp³-hybridized carbons (Fsp3) is 0.292. The van der Waals surface area contributed by atoms with Gasteiger partial charge in [0, 0.05) is 36.6 Å². The number of hydrogen-bond acceptors (Lipinski definition) is 6. The molecule has 0 atom stereocenters. The first kappa shape index (κ1) is 21.0. The van der Waals surface area contributed by atoms with Crippen molar-refractivity contribution in [2.75, 3.05) is 31.1 Å². The minimum atomic E-state index is -0.0800. The molecule has 1 saturated heterocycles. The molecular formula is C24H23ClN4O2S. The monoisotopic (exact) mass is 466 g/mol. The van der Waals surface area contributed by atoms with Crippen LogP contribution in [0.5, 0.6) is 0 Å². The molecule has 1 aliphatic heterocycles. The highest BCUT2D eigenvalue weighted by molar-refractivity contribution is 7.19. The molecule has 8 heteroatoms. The summed E-state index contributed by atoms with van der Waals surface area (Å²) in [7, 11) is 0. The Hall–Kier alpha value is -2.90. The average molecular weight is 467 g/mol. The minimum absolute atomic E-state index is 0.0800. The lowest BCUT2D eigenvalue weighted by molar-refractivity contribution is 0.0714. The number of rotatable bonds is 4. The predicted molar refractivity (Wildman–Crippen MR) is 129 cm³/mol. The second-order valence-corrected chi connectivity index (χ2v) is 9.38. The van der Waals surface area contributed by atoms with E-state index >= 15 is 0 Å². The third-order valence-corrected chi connectivity index (χ3v) is 7.10. The number of fused-ring (bicyclic) bond motifs is 1. The summed E-state index contributed by atoms with van der Waals surface area (Å²) in [6, 6.07) is 12.1. The molecule has 4 aromatic rings. The van der Waals surface area contributed by atoms with Crippen LogP contribution in [0.3, 0.4) is 0 Å². The Morgan fingerprint density at radius 3 is 2.53 bits per heavy atom. The number of carbonyl (C=O) groups is 1. The van der Waals surface area contributed by atoms with Crippen molar-refractivity contribution in [1.82, 2.24) is 14.9 Å². The summed E-state index contributed by atoms with van der Waals surface area (Å²) < 4.78 is 5.28. The lowest BCUT2D eigenvalue weighted by Gasteiger charge is -2.35. The number of carbonyl (C=O) groups excluding carboxylic acids is 1. The molecule has 0 radical (unpaired) electrons. The van der Waals surface area contributed by atoms with E-state index in [1.165, 1.54) is 16.7 Å². The van der Waals surface area contributed by atoms with Crippen LogP contribution < -0.4 is 4.90 Å². The predicted octanol–water partition coefficient (Wildman–Crippen LogP) is 5.44. The van der Waals surface area contributed by atoms with E-state index in [4.69, 9.17) is 16.0 Å². The summed E-state index contributed by atoms with van der Waals surface area (Å²) >= 11 is 7.96. The summed E-state index contributed by atoms with van der Waals surface area (Å²) in [4.78, 5) is 27.9. The standard InChI is InChI=1S/C24H23ClN4O2S/c1-3-16-6-8-17(9-7-16)19-15(2)32-22-20(19)21(26-24(25)27-22)28-10-12-29(13-11-28)23(30)18-5-4-14-31-18/h4-9,14H,3,10-13H2,1-2H3. The fourth-order valence-electron chi connectivity index (χ4n) is 4.23. The van der Waals surface area contributed by atoms with Gasteiger partial charge in [0.05, 0.1) is 11.6 Å². The number of thiophene rings is 1. The average Bonchev–Trinajstić information content (AvgIpc) is 3.46. The van der Waals surface area contributed by atoms with Crippen LogP contribution in [-0.2, 0) is 6.42 Å². The van der Waals surface area contributed by atoms with Crippen LogP contribution in [0, 0.1) is 6.92 Å². The molecule has 0 saturated carbocycles. The first-order chi connectivity index (χ1) is 15.5. The molecule has 1 fully saturated rings. The van der Waals surface area contributed by atoms with Crippen LogP contribution in [0.1, 0.15) is 27.9 Å². The van der Waals surface area contributed by atoms with Gasteiger partial charge in [-0.3, -0.25) is 4.79 Å². The lowest BCUT2D eigenvalue weighted by Crippen LogP contribution is -2.49. The Balaban J connectivity index is 1.49. The summed E-state index contributed by atoms with van der Waals surface area (Å²) in [5.41, 5.74) is 3.63. The second kappa shape index (κ2) is 8.56. The van der Waals surface area contributed by atoms with Gasteiger partial charge in [-0.15, -0.1) is 11.3 Å². The fourth-order valence-corrected chi connectivity index (χ4v) is 5.48. The topological polar surface area (TPSA) is 62.5 Å². The molecule has 0 N–H and O–H groups in total. The largest absolute Gasteiger partial charge is 0.459 e. The van der Waals surface area contributed by atoms with Crippen LogP contribution in [0.25, 0.3) is 21.3 Å². The third-order valence-electron chi connectivity index (χ3n) is 5.93. The van der Waals surface area contributed by atoms with E-state index in [-0.39, 0.29) is 11.2 Å². The van der Waals surface area contributed by atoms with Gasteiger partial charge in [-0.05, 0) is 48.2 Å². The van der Waals surface area contributed by atoms with Crippen LogP contribution in [0.4, 0.5) is 5.82 Å². The van der Waals surface area contributed by atoms with Gasteiger partial charge in [0.15, 0.2) is 5.76 Å². The molecule has 1 aliphatic rings. The van der Waals surface area contributed by atoms with Gasteiger partial charge in [-0.1, -0.05) is 31.2 Å². The molecule has 4 heterocycles. The number of aromatic nitrogens is 2. The number of hydrogen-bond donors (Lipinski definition) is 0. The molecule has 1 amide bonds. The van der Waals surface area contributed by atoms with Crippen molar-refractivity contribution in [1.29, 1.82) is 0 Å². The van der Waals surface area contributed by atoms with E-state index < -0.39 is 0 Å². The van der Waals surface area contributed by atoms with Gasteiger partial charge < -0.3 is 14.2 Å². The van der Waals surface area contributed by atoms with Gasteiger partial charge >= 0.3 is 0 Å². The molecule has 0 aliphatic carbocycles. The number of halogens is 1. The molecule has 0 unspecified atom stereocenters. The van der Waals surface area contributed by atoms with E-state index in [2.05, 4.69) is 53.0 Å². The van der Waals surface area contributed by atoms with Crippen LogP contribution in [0.2, 0.25) is 5.28 Å². The zero-order valence-corrected chi connectivity index (χ0v) is 19.5. The first-order valence-electron chi connectivity index (χ1n) is 10.7. The van der Waals surface area contributed by atoms with Crippen molar-refractivity contribution in [3.63, 3.8) is 0 Å². The number of furan rings is 1. The van der Waals surface area contributed by atoms with Crippen molar-refractivity contribution >= 4 is 44.9 Å². The van der Waals surface area contributed by atoms with Crippen molar-refractivity contribution in [2.45, 2.75) is 20.3 Å². The first-order valence-corrected chi connectivity index (χ1v) is 11.9. The Bertz CT molecular complexity index is 1260. The summed E-state index contributed by atoms with van der Waals surface area (Å²) in [5, 5.41) is 1.28. The highest BCUT2D eigenvalue weighted by Crippen LogP contribution is 2.42. The van der Waals surface area contributed by atoms with Crippen molar-refractivity contribution in [3.8, 4) is 11.1 Å². The SMILES string of the molecule is CCc1ccc(-c2c(C)sc3nc(Cl)nc(N4CCN(C(=O)c5ccco5)CC4)c23)cc1. The van der Waals surface area contributed by atoms with Crippen LogP contribution in [0.15, 0.2) is 47.1 Å². The zero-order valence-electron chi connectivity index (χ0n) is 18.0. The highest BCUT2D eigenvalue weighted by Gasteiger charge is 2.27. The Kier molecular flexibility index (Phi) is 5.61. The summed E-state index contributed by atoms with van der Waals surface area (Å²) in [6.07, 6.45) is 2.53. The van der Waals surface area contributed by atoms with Gasteiger partial charge in [0.25, 0.3) is 5.91 Å². The normalized spacial score (nSPS) is 14.3. The van der Waals surface area contributed by atoms with Crippen molar-refractivity contribution in [2.24, 2.45) is 0 Å². The van der Waals surface area contributed by atoms with Gasteiger partial charge in [-0.25, -0.2) is 4.98 Å². The Morgan fingerprint density at radius 1 is 1.12 bits per heavy atom. The van der Waals surface area contributed by atoms with Gasteiger partial charge in [-0.2, -0.15) is 4.98 Å². The van der Waals surface area contributed by atoms with Crippen LogP contribution >= 0.6 is 22.9 Å². The molecular weight excluding hydrogens is 444 g/mol. The number of aryl methyl sites for hydroxylation is 2. The van der Waals surface area contributed by atoms with E-state index in [0.29, 0.717) is 31.9 Å². The van der Waals surface area contributed by atoms with Gasteiger partial charge in [0.2, 0.25) is 5.28 Å². The smallest absolute Gasteiger partial charge is 0.289 e. The molecule has 6 nitrogen and oxygen atoms in total. The van der Waals surface area contributed by atoms with E-state index in [9.17, 15) is 4.79 Å². The molecule has 1 aromatic carbocycles.